The molecule has 3 rings (SSSR count). The molecule has 0 aliphatic carbocycles. The molecule has 3 aromatic rings. The van der Waals surface area contributed by atoms with Gasteiger partial charge in [-0.25, -0.2) is 15.2 Å². The van der Waals surface area contributed by atoms with Gasteiger partial charge in [0.25, 0.3) is 0 Å². The van der Waals surface area contributed by atoms with Crippen LogP contribution in [0.25, 0.3) is 10.2 Å². The molecule has 1 heterocycles. The quantitative estimate of drug-likeness (QED) is 0.493. The molecule has 2 amide bonds. The molecule has 1 aromatic heterocycles. The lowest BCUT2D eigenvalue weighted by molar-refractivity contribution is -0.132. The van der Waals surface area contributed by atoms with Crippen molar-refractivity contribution in [1.82, 2.24) is 15.4 Å². The number of ether oxygens (including phenoxy) is 1. The molecular weight excluding hydrogens is 424 g/mol. The molecule has 0 bridgehead atoms. The molecule has 0 aliphatic heterocycles. The third-order valence-electron chi connectivity index (χ3n) is 4.44. The Morgan fingerprint density at radius 3 is 2.67 bits per heavy atom. The minimum Gasteiger partial charge on any atom is -0.447 e. The average molecular weight is 447 g/mol. The number of carbonyl (C=O) groups excluding carboxylic acids is 2. The number of rotatable bonds is 8. The van der Waals surface area contributed by atoms with Crippen molar-refractivity contribution in [2.24, 2.45) is 0 Å². The van der Waals surface area contributed by atoms with Gasteiger partial charge in [-0.05, 0) is 29.7 Å². The molecule has 0 unspecified atom stereocenters. The van der Waals surface area contributed by atoms with Crippen molar-refractivity contribution in [3.05, 3.63) is 58.6 Å². The van der Waals surface area contributed by atoms with Crippen molar-refractivity contribution in [3.8, 4) is 0 Å². The maximum Gasteiger partial charge on any atom is 0.413 e. The van der Waals surface area contributed by atoms with Crippen LogP contribution in [0.2, 0.25) is 5.02 Å². The number of hydrogen-bond donors (Lipinski definition) is 2. The van der Waals surface area contributed by atoms with Gasteiger partial charge in [-0.3, -0.25) is 15.1 Å². The van der Waals surface area contributed by atoms with E-state index in [2.05, 4.69) is 22.7 Å². The van der Waals surface area contributed by atoms with Gasteiger partial charge < -0.3 is 4.74 Å². The molecule has 0 radical (unpaired) electrons. The van der Waals surface area contributed by atoms with Crippen molar-refractivity contribution in [3.63, 3.8) is 0 Å². The monoisotopic (exact) mass is 446 g/mol. The second kappa shape index (κ2) is 10.4. The Bertz CT molecular complexity index is 1040. The van der Waals surface area contributed by atoms with E-state index in [1.165, 1.54) is 23.3 Å². The lowest BCUT2D eigenvalue weighted by atomic mass is 10.1. The Labute approximate surface area is 184 Å². The zero-order valence-corrected chi connectivity index (χ0v) is 18.3. The van der Waals surface area contributed by atoms with Gasteiger partial charge in [0.05, 0.1) is 16.8 Å². The first kappa shape index (κ1) is 22.0. The van der Waals surface area contributed by atoms with Gasteiger partial charge in [0.15, 0.2) is 5.13 Å². The van der Waals surface area contributed by atoms with Crippen LogP contribution in [0, 0.1) is 0 Å². The summed E-state index contributed by atoms with van der Waals surface area (Å²) in [6.45, 7) is 4.12. The highest BCUT2D eigenvalue weighted by Gasteiger charge is 2.13. The molecule has 158 valence electrons. The molecule has 2 aromatic carbocycles. The molecule has 0 saturated carbocycles. The summed E-state index contributed by atoms with van der Waals surface area (Å²) < 4.78 is 6.22. The van der Waals surface area contributed by atoms with Gasteiger partial charge in [0.1, 0.15) is 6.61 Å². The van der Waals surface area contributed by atoms with Crippen LogP contribution in [0.1, 0.15) is 25.0 Å². The maximum atomic E-state index is 12.1. The predicted octanol–water partition coefficient (Wildman–Crippen LogP) is 4.61. The van der Waals surface area contributed by atoms with Crippen LogP contribution in [0.3, 0.4) is 0 Å². The molecule has 30 heavy (non-hydrogen) atoms. The first-order chi connectivity index (χ1) is 14.5. The summed E-state index contributed by atoms with van der Waals surface area (Å²) in [5.41, 5.74) is 5.90. The highest BCUT2D eigenvalue weighted by atomic mass is 35.5. The lowest BCUT2D eigenvalue weighted by Crippen LogP contribution is -2.43. The van der Waals surface area contributed by atoms with Crippen molar-refractivity contribution in [2.45, 2.75) is 26.8 Å². The predicted molar refractivity (Wildman–Crippen MR) is 120 cm³/mol. The van der Waals surface area contributed by atoms with E-state index in [0.717, 1.165) is 27.8 Å². The summed E-state index contributed by atoms with van der Waals surface area (Å²) >= 11 is 7.53. The number of hydrazine groups is 1. The van der Waals surface area contributed by atoms with E-state index < -0.39 is 6.09 Å². The van der Waals surface area contributed by atoms with Crippen molar-refractivity contribution in [2.75, 3.05) is 18.5 Å². The number of carbonyl (C=O) groups is 2. The fraction of sp³-hybridized carbons (Fsp3) is 0.286. The van der Waals surface area contributed by atoms with Crippen molar-refractivity contribution >= 4 is 50.3 Å². The van der Waals surface area contributed by atoms with Crippen LogP contribution in [-0.4, -0.2) is 35.1 Å². The zero-order chi connectivity index (χ0) is 21.5. The van der Waals surface area contributed by atoms with E-state index in [4.69, 9.17) is 16.3 Å². The van der Waals surface area contributed by atoms with Crippen LogP contribution in [0.5, 0.6) is 0 Å². The molecule has 2 N–H and O–H groups in total. The van der Waals surface area contributed by atoms with E-state index in [-0.39, 0.29) is 19.1 Å². The van der Waals surface area contributed by atoms with Crippen molar-refractivity contribution < 1.29 is 14.3 Å². The number of hydrogen-bond acceptors (Lipinski definition) is 6. The molecule has 9 heteroatoms. The number of aryl methyl sites for hydroxylation is 1. The Balaban J connectivity index is 1.49. The maximum absolute atomic E-state index is 12.1. The van der Waals surface area contributed by atoms with Crippen molar-refractivity contribution in [1.29, 1.82) is 0 Å². The lowest BCUT2D eigenvalue weighted by Gasteiger charge is -2.22. The van der Waals surface area contributed by atoms with Crippen LogP contribution in [-0.2, 0) is 22.5 Å². The third-order valence-corrected chi connectivity index (χ3v) is 5.74. The van der Waals surface area contributed by atoms with Gasteiger partial charge in [-0.15, -0.1) is 0 Å². The number of amides is 2. The van der Waals surface area contributed by atoms with E-state index in [0.29, 0.717) is 16.7 Å². The number of nitrogens with zero attached hydrogens (tertiary/aromatic N) is 2. The summed E-state index contributed by atoms with van der Waals surface area (Å²) in [6.07, 6.45) is 0.259. The number of fused-ring (bicyclic) bond motifs is 1. The van der Waals surface area contributed by atoms with E-state index in [9.17, 15) is 9.59 Å². The fourth-order valence-corrected chi connectivity index (χ4v) is 3.97. The first-order valence-electron chi connectivity index (χ1n) is 9.55. The van der Waals surface area contributed by atoms with Gasteiger partial charge in [-0.1, -0.05) is 60.2 Å². The van der Waals surface area contributed by atoms with Crippen LogP contribution in [0.4, 0.5) is 9.93 Å². The fourth-order valence-electron chi connectivity index (χ4n) is 2.87. The minimum atomic E-state index is -0.610. The number of aromatic nitrogens is 1. The highest BCUT2D eigenvalue weighted by molar-refractivity contribution is 7.22. The number of halogens is 1. The van der Waals surface area contributed by atoms with Crippen LogP contribution in [0.15, 0.2) is 42.5 Å². The minimum absolute atomic E-state index is 0.0338. The topological polar surface area (TPSA) is 83.6 Å². The number of benzene rings is 2. The molecule has 7 nitrogen and oxygen atoms in total. The average Bonchev–Trinajstić information content (AvgIpc) is 3.13. The largest absolute Gasteiger partial charge is 0.447 e. The third kappa shape index (κ3) is 5.69. The Morgan fingerprint density at radius 2 is 1.93 bits per heavy atom. The van der Waals surface area contributed by atoms with Crippen LogP contribution < -0.4 is 10.7 Å². The van der Waals surface area contributed by atoms with Gasteiger partial charge in [-0.2, -0.15) is 0 Å². The molecule has 0 saturated heterocycles. The standard InChI is InChI=1S/C21H23ClN4O3S/c1-3-15-8-6-10-18-19(15)24-20(30-18)25-21(28)29-12-11-26(14(2)27)23-13-16-7-4-5-9-17(16)22/h4-10,23H,3,11-13H2,1-2H3,(H,24,25,28). The summed E-state index contributed by atoms with van der Waals surface area (Å²) in [6, 6.07) is 13.4. The number of para-hydroxylation sites is 1. The highest BCUT2D eigenvalue weighted by Crippen LogP contribution is 2.28. The Kier molecular flexibility index (Phi) is 7.62. The normalized spacial score (nSPS) is 10.8. The van der Waals surface area contributed by atoms with Gasteiger partial charge in [0, 0.05) is 18.5 Å². The molecular formula is C21H23ClN4O3S. The van der Waals surface area contributed by atoms with Gasteiger partial charge in [0.2, 0.25) is 5.91 Å². The molecule has 0 spiro atoms. The molecule has 0 fully saturated rings. The summed E-state index contributed by atoms with van der Waals surface area (Å²) in [4.78, 5) is 28.4. The zero-order valence-electron chi connectivity index (χ0n) is 16.8. The number of anilines is 1. The summed E-state index contributed by atoms with van der Waals surface area (Å²) in [7, 11) is 0. The SMILES string of the molecule is CCc1cccc2sc(NC(=O)OCCN(NCc3ccccc3Cl)C(C)=O)nc12. The summed E-state index contributed by atoms with van der Waals surface area (Å²) in [5.74, 6) is -0.190. The Hall–Kier alpha value is -2.68. The van der Waals surface area contributed by atoms with E-state index >= 15 is 0 Å². The van der Waals surface area contributed by atoms with Crippen LogP contribution >= 0.6 is 22.9 Å². The number of thiazole rings is 1. The van der Waals surface area contributed by atoms with E-state index in [1.807, 2.05) is 36.4 Å². The Morgan fingerprint density at radius 1 is 1.17 bits per heavy atom. The smallest absolute Gasteiger partial charge is 0.413 e. The van der Waals surface area contributed by atoms with E-state index in [1.54, 1.807) is 6.07 Å². The van der Waals surface area contributed by atoms with Gasteiger partial charge >= 0.3 is 6.09 Å². The molecule has 0 aliphatic rings. The number of nitrogens with one attached hydrogen (secondary N) is 2. The summed E-state index contributed by atoms with van der Waals surface area (Å²) in [5, 5.41) is 5.15. The first-order valence-corrected chi connectivity index (χ1v) is 10.7. The second-order valence-corrected chi connectivity index (χ2v) is 7.93. The molecule has 0 atom stereocenters. The second-order valence-electron chi connectivity index (χ2n) is 6.49.